The van der Waals surface area contributed by atoms with Gasteiger partial charge in [-0.1, -0.05) is 0 Å². The lowest BCUT2D eigenvalue weighted by Crippen LogP contribution is -2.36. The van der Waals surface area contributed by atoms with Crippen LogP contribution in [0.5, 0.6) is 0 Å². The Balaban J connectivity index is 1.79. The van der Waals surface area contributed by atoms with Gasteiger partial charge in [-0.05, 0) is 57.6 Å². The number of aromatic nitrogens is 1. The molecule has 1 aromatic rings. The highest BCUT2D eigenvalue weighted by Gasteiger charge is 2.18. The maximum Gasteiger partial charge on any atom is 0.0387 e. The summed E-state index contributed by atoms with van der Waals surface area (Å²) in [5, 5.41) is 3.28. The maximum absolute atomic E-state index is 3.28. The van der Waals surface area contributed by atoms with Crippen molar-refractivity contribution >= 4 is 0 Å². The van der Waals surface area contributed by atoms with E-state index < -0.39 is 0 Å². The first-order chi connectivity index (χ1) is 7.79. The number of hydrogen-bond acceptors (Lipinski definition) is 2. The van der Waals surface area contributed by atoms with E-state index in [1.54, 1.807) is 0 Å². The zero-order chi connectivity index (χ0) is 11.4. The van der Waals surface area contributed by atoms with Gasteiger partial charge in [0.1, 0.15) is 0 Å². The average Bonchev–Trinajstić information content (AvgIpc) is 2.68. The Morgan fingerprint density at radius 3 is 2.69 bits per heavy atom. The Kier molecular flexibility index (Phi) is 4.02. The predicted octanol–water partition coefficient (Wildman–Crippen LogP) is 1.46. The molecule has 90 valence electrons. The van der Waals surface area contributed by atoms with Crippen LogP contribution in [0.2, 0.25) is 0 Å². The summed E-state index contributed by atoms with van der Waals surface area (Å²) in [5.41, 5.74) is 1.42. The van der Waals surface area contributed by atoms with E-state index in [0.29, 0.717) is 0 Å². The van der Waals surface area contributed by atoms with Crippen LogP contribution < -0.4 is 5.32 Å². The second kappa shape index (κ2) is 5.51. The molecule has 0 aliphatic carbocycles. The van der Waals surface area contributed by atoms with E-state index in [1.807, 2.05) is 0 Å². The van der Waals surface area contributed by atoms with E-state index >= 15 is 0 Å². The third-order valence-corrected chi connectivity index (χ3v) is 3.64. The zero-order valence-electron chi connectivity index (χ0n) is 10.4. The highest BCUT2D eigenvalue weighted by Crippen LogP contribution is 2.18. The molecule has 1 aliphatic rings. The third-order valence-electron chi connectivity index (χ3n) is 3.64. The largest absolute Gasteiger partial charge is 0.353 e. The molecule has 2 heterocycles. The van der Waals surface area contributed by atoms with Gasteiger partial charge in [0.15, 0.2) is 0 Å². The van der Waals surface area contributed by atoms with Crippen LogP contribution in [0.25, 0.3) is 0 Å². The minimum Gasteiger partial charge on any atom is -0.353 e. The predicted molar refractivity (Wildman–Crippen MR) is 67.3 cm³/mol. The Bertz CT molecular complexity index is 311. The first kappa shape index (κ1) is 11.7. The lowest BCUT2D eigenvalue weighted by Gasteiger charge is -2.31. The molecule has 1 saturated heterocycles. The number of nitrogens with zero attached hydrogens (tertiary/aromatic N) is 2. The first-order valence-electron chi connectivity index (χ1n) is 6.26. The fourth-order valence-corrected chi connectivity index (χ4v) is 2.53. The molecular formula is C13H23N3. The van der Waals surface area contributed by atoms with E-state index in [-0.39, 0.29) is 0 Å². The molecule has 0 amide bonds. The van der Waals surface area contributed by atoms with Crippen LogP contribution in [0.1, 0.15) is 18.5 Å². The van der Waals surface area contributed by atoms with Gasteiger partial charge in [-0.2, -0.15) is 0 Å². The highest BCUT2D eigenvalue weighted by atomic mass is 15.1. The van der Waals surface area contributed by atoms with Crippen molar-refractivity contribution in [3.63, 3.8) is 0 Å². The van der Waals surface area contributed by atoms with Crippen molar-refractivity contribution in [2.75, 3.05) is 26.7 Å². The van der Waals surface area contributed by atoms with Crippen molar-refractivity contribution in [2.45, 2.75) is 19.4 Å². The number of nitrogens with one attached hydrogen (secondary N) is 1. The molecule has 0 radical (unpaired) electrons. The molecule has 0 unspecified atom stereocenters. The zero-order valence-corrected chi connectivity index (χ0v) is 10.4. The Labute approximate surface area is 98.4 Å². The van der Waals surface area contributed by atoms with Gasteiger partial charge in [0.2, 0.25) is 0 Å². The standard InChI is InChI=1S/C13H23N3/c1-14-10-12-5-8-16(9-6-12)11-13-4-3-7-15(13)2/h3-4,7,12,14H,5-6,8-11H2,1-2H3. The molecule has 3 nitrogen and oxygen atoms in total. The maximum atomic E-state index is 3.28. The molecule has 0 saturated carbocycles. The highest BCUT2D eigenvalue weighted by molar-refractivity contribution is 5.06. The number of rotatable bonds is 4. The first-order valence-corrected chi connectivity index (χ1v) is 6.26. The van der Waals surface area contributed by atoms with Crippen molar-refractivity contribution in [2.24, 2.45) is 13.0 Å². The topological polar surface area (TPSA) is 20.2 Å². The summed E-state index contributed by atoms with van der Waals surface area (Å²) >= 11 is 0. The van der Waals surface area contributed by atoms with E-state index in [9.17, 15) is 0 Å². The van der Waals surface area contributed by atoms with Gasteiger partial charge in [0, 0.05) is 25.5 Å². The molecule has 1 N–H and O–H groups in total. The average molecular weight is 221 g/mol. The molecule has 0 spiro atoms. The second-order valence-corrected chi connectivity index (χ2v) is 4.89. The molecule has 0 aromatic carbocycles. The molecule has 16 heavy (non-hydrogen) atoms. The van der Waals surface area contributed by atoms with Gasteiger partial charge in [0.05, 0.1) is 0 Å². The van der Waals surface area contributed by atoms with Crippen LogP contribution in [0.3, 0.4) is 0 Å². The molecule has 0 atom stereocenters. The van der Waals surface area contributed by atoms with Crippen molar-refractivity contribution in [3.8, 4) is 0 Å². The summed E-state index contributed by atoms with van der Waals surface area (Å²) < 4.78 is 2.22. The van der Waals surface area contributed by atoms with E-state index in [2.05, 4.69) is 47.2 Å². The molecule has 0 bridgehead atoms. The normalized spacial score (nSPS) is 19.1. The molecule has 1 aliphatic heterocycles. The number of piperidine rings is 1. The van der Waals surface area contributed by atoms with Gasteiger partial charge >= 0.3 is 0 Å². The monoisotopic (exact) mass is 221 g/mol. The van der Waals surface area contributed by atoms with Crippen LogP contribution >= 0.6 is 0 Å². The fraction of sp³-hybridized carbons (Fsp3) is 0.692. The smallest absolute Gasteiger partial charge is 0.0387 e. The molecule has 1 aromatic heterocycles. The van der Waals surface area contributed by atoms with Crippen LogP contribution in [0.15, 0.2) is 18.3 Å². The number of aryl methyl sites for hydroxylation is 1. The van der Waals surface area contributed by atoms with Gasteiger partial charge in [-0.3, -0.25) is 4.90 Å². The minimum absolute atomic E-state index is 0.884. The molecule has 3 heteroatoms. The lowest BCUT2D eigenvalue weighted by atomic mass is 9.97. The van der Waals surface area contributed by atoms with E-state index in [1.165, 1.54) is 38.2 Å². The van der Waals surface area contributed by atoms with E-state index in [4.69, 9.17) is 0 Å². The second-order valence-electron chi connectivity index (χ2n) is 4.89. The third kappa shape index (κ3) is 2.86. The van der Waals surface area contributed by atoms with Crippen molar-refractivity contribution in [1.82, 2.24) is 14.8 Å². The summed E-state index contributed by atoms with van der Waals surface area (Å²) in [7, 11) is 4.18. The van der Waals surface area contributed by atoms with Crippen LogP contribution in [0.4, 0.5) is 0 Å². The Morgan fingerprint density at radius 2 is 2.12 bits per heavy atom. The van der Waals surface area contributed by atoms with Crippen molar-refractivity contribution < 1.29 is 0 Å². The summed E-state index contributed by atoms with van der Waals surface area (Å²) in [6, 6.07) is 4.35. The van der Waals surface area contributed by atoms with Crippen LogP contribution in [-0.2, 0) is 13.6 Å². The SMILES string of the molecule is CNCC1CCN(Cc2cccn2C)CC1. The van der Waals surface area contributed by atoms with Gasteiger partial charge in [-0.15, -0.1) is 0 Å². The van der Waals surface area contributed by atoms with Gasteiger partial charge in [0.25, 0.3) is 0 Å². The van der Waals surface area contributed by atoms with Crippen molar-refractivity contribution in [3.05, 3.63) is 24.0 Å². The molecule has 2 rings (SSSR count). The van der Waals surface area contributed by atoms with Gasteiger partial charge < -0.3 is 9.88 Å². The Hall–Kier alpha value is -0.800. The summed E-state index contributed by atoms with van der Waals surface area (Å²) in [6.45, 7) is 4.78. The molecule has 1 fully saturated rings. The Morgan fingerprint density at radius 1 is 1.38 bits per heavy atom. The number of hydrogen-bond donors (Lipinski definition) is 1. The summed E-state index contributed by atoms with van der Waals surface area (Å²) in [5.74, 6) is 0.884. The van der Waals surface area contributed by atoms with Gasteiger partial charge in [-0.25, -0.2) is 0 Å². The van der Waals surface area contributed by atoms with Crippen LogP contribution in [-0.4, -0.2) is 36.1 Å². The van der Waals surface area contributed by atoms with Crippen LogP contribution in [0, 0.1) is 5.92 Å². The quantitative estimate of drug-likeness (QED) is 0.830. The summed E-state index contributed by atoms with van der Waals surface area (Å²) in [6.07, 6.45) is 4.81. The minimum atomic E-state index is 0.884. The number of likely N-dealkylation sites (tertiary alicyclic amines) is 1. The van der Waals surface area contributed by atoms with Crippen molar-refractivity contribution in [1.29, 1.82) is 0 Å². The van der Waals surface area contributed by atoms with E-state index in [0.717, 1.165) is 12.5 Å². The lowest BCUT2D eigenvalue weighted by molar-refractivity contribution is 0.174. The fourth-order valence-electron chi connectivity index (χ4n) is 2.53. The molecular weight excluding hydrogens is 198 g/mol. The summed E-state index contributed by atoms with van der Waals surface area (Å²) in [4.78, 5) is 2.57.